The molecule has 5 fully saturated rings. The monoisotopic (exact) mass is 368 g/mol. The van der Waals surface area contributed by atoms with Crippen LogP contribution in [0.4, 0.5) is 0 Å². The Morgan fingerprint density at radius 1 is 0.625 bits per heavy atom. The van der Waals surface area contributed by atoms with Crippen LogP contribution in [-0.2, 0) is 9.47 Å². The summed E-state index contributed by atoms with van der Waals surface area (Å²) < 4.78 is 13.9. The molecule has 4 atom stereocenters. The molecule has 136 valence electrons. The molecule has 2 spiro atoms. The normalized spacial score (nSPS) is 54.5. The predicted octanol–water partition coefficient (Wildman–Crippen LogP) is 5.59. The number of hydrogen-bond acceptors (Lipinski definition) is 4. The summed E-state index contributed by atoms with van der Waals surface area (Å²) in [6.45, 7) is 9.75. The zero-order chi connectivity index (χ0) is 16.8. The molecule has 0 radical (unpaired) electrons. The summed E-state index contributed by atoms with van der Waals surface area (Å²) in [7, 11) is 0. The van der Waals surface area contributed by atoms with Crippen molar-refractivity contribution in [1.82, 2.24) is 0 Å². The van der Waals surface area contributed by atoms with E-state index in [1.165, 1.54) is 51.4 Å². The topological polar surface area (TPSA) is 18.5 Å². The highest BCUT2D eigenvalue weighted by Gasteiger charge is 2.87. The van der Waals surface area contributed by atoms with Crippen molar-refractivity contribution >= 4 is 23.5 Å². The number of ether oxygens (including phenoxy) is 2. The fourth-order valence-electron chi connectivity index (χ4n) is 6.68. The van der Waals surface area contributed by atoms with E-state index in [1.807, 2.05) is 0 Å². The summed E-state index contributed by atoms with van der Waals surface area (Å²) in [5.41, 5.74) is 0.126. The standard InChI is InChI=1S/C20H32O2S2/c1-17(2)19(21-13-9-5-7-11-15(13)23-19)18(3,4)20(17)22-14-10-6-8-12-16(14)24-20/h13-16H,5-12H2,1-4H3/t13-,14-,15-,16-,19?,20?/m1/s1. The van der Waals surface area contributed by atoms with Gasteiger partial charge >= 0.3 is 0 Å². The molecule has 0 aromatic heterocycles. The van der Waals surface area contributed by atoms with Crippen LogP contribution in [0.15, 0.2) is 0 Å². The fourth-order valence-corrected chi connectivity index (χ4v) is 11.0. The summed E-state index contributed by atoms with van der Waals surface area (Å²) >= 11 is 4.35. The van der Waals surface area contributed by atoms with Crippen LogP contribution in [0.1, 0.15) is 79.1 Å². The Morgan fingerprint density at radius 3 is 1.38 bits per heavy atom. The minimum absolute atomic E-state index is 0.0630. The first kappa shape index (κ1) is 16.8. The van der Waals surface area contributed by atoms with E-state index in [0.717, 1.165) is 0 Å². The number of hydrogen-bond donors (Lipinski definition) is 0. The van der Waals surface area contributed by atoms with Crippen molar-refractivity contribution in [3.8, 4) is 0 Å². The lowest BCUT2D eigenvalue weighted by Gasteiger charge is -2.74. The Balaban J connectivity index is 1.50. The maximum Gasteiger partial charge on any atom is 0.131 e. The van der Waals surface area contributed by atoms with Gasteiger partial charge in [-0.2, -0.15) is 0 Å². The predicted molar refractivity (Wildman–Crippen MR) is 102 cm³/mol. The first-order valence-electron chi connectivity index (χ1n) is 10.1. The molecule has 3 aliphatic carbocycles. The van der Waals surface area contributed by atoms with Crippen molar-refractivity contribution in [3.63, 3.8) is 0 Å². The minimum Gasteiger partial charge on any atom is -0.359 e. The molecule has 3 saturated carbocycles. The van der Waals surface area contributed by atoms with Crippen LogP contribution in [0.25, 0.3) is 0 Å². The van der Waals surface area contributed by atoms with Crippen molar-refractivity contribution in [1.29, 1.82) is 0 Å². The van der Waals surface area contributed by atoms with E-state index in [0.29, 0.717) is 22.7 Å². The lowest BCUT2D eigenvalue weighted by Crippen LogP contribution is -2.81. The van der Waals surface area contributed by atoms with Gasteiger partial charge in [0.2, 0.25) is 0 Å². The Morgan fingerprint density at radius 2 is 1.00 bits per heavy atom. The Hall–Kier alpha value is 0.620. The third-order valence-corrected chi connectivity index (χ3v) is 12.4. The Kier molecular flexibility index (Phi) is 3.57. The Labute approximate surface area is 155 Å². The van der Waals surface area contributed by atoms with Gasteiger partial charge in [-0.05, 0) is 25.7 Å². The zero-order valence-electron chi connectivity index (χ0n) is 15.6. The second kappa shape index (κ2) is 5.11. The van der Waals surface area contributed by atoms with Gasteiger partial charge < -0.3 is 9.47 Å². The highest BCUT2D eigenvalue weighted by Crippen LogP contribution is 2.83. The fraction of sp³-hybridized carbons (Fsp3) is 1.00. The van der Waals surface area contributed by atoms with E-state index < -0.39 is 0 Å². The molecule has 0 amide bonds. The largest absolute Gasteiger partial charge is 0.359 e. The van der Waals surface area contributed by atoms with Gasteiger partial charge in [0.25, 0.3) is 0 Å². The van der Waals surface area contributed by atoms with E-state index >= 15 is 0 Å². The van der Waals surface area contributed by atoms with Crippen molar-refractivity contribution in [2.75, 3.05) is 0 Å². The summed E-state index contributed by atoms with van der Waals surface area (Å²) in [5, 5.41) is 1.42. The van der Waals surface area contributed by atoms with Crippen LogP contribution in [0.5, 0.6) is 0 Å². The van der Waals surface area contributed by atoms with Crippen LogP contribution in [0, 0.1) is 10.8 Å². The van der Waals surface area contributed by atoms with Gasteiger partial charge in [0.1, 0.15) is 9.87 Å². The number of fused-ring (bicyclic) bond motifs is 2. The average molecular weight is 369 g/mol. The summed E-state index contributed by atoms with van der Waals surface area (Å²) in [6.07, 6.45) is 11.6. The molecule has 2 saturated heterocycles. The maximum atomic E-state index is 6.93. The molecule has 24 heavy (non-hydrogen) atoms. The van der Waals surface area contributed by atoms with Gasteiger partial charge in [0.05, 0.1) is 12.2 Å². The van der Waals surface area contributed by atoms with Crippen molar-refractivity contribution in [3.05, 3.63) is 0 Å². The van der Waals surface area contributed by atoms with Crippen molar-refractivity contribution < 1.29 is 9.47 Å². The minimum atomic E-state index is -0.0693. The number of thioether (sulfide) groups is 2. The molecule has 0 aromatic carbocycles. The highest BCUT2D eigenvalue weighted by molar-refractivity contribution is 8.03. The van der Waals surface area contributed by atoms with Gasteiger partial charge in [-0.1, -0.05) is 53.4 Å². The van der Waals surface area contributed by atoms with Crippen molar-refractivity contribution in [2.24, 2.45) is 10.8 Å². The summed E-state index contributed by atoms with van der Waals surface area (Å²) in [6, 6.07) is 0. The van der Waals surface area contributed by atoms with Crippen LogP contribution in [0.2, 0.25) is 0 Å². The molecule has 2 heterocycles. The van der Waals surface area contributed by atoms with Gasteiger partial charge in [0, 0.05) is 21.3 Å². The van der Waals surface area contributed by atoms with E-state index in [1.54, 1.807) is 0 Å². The first-order chi connectivity index (χ1) is 11.3. The molecular formula is C20H32O2S2. The van der Waals surface area contributed by atoms with Crippen molar-refractivity contribution in [2.45, 2.75) is 112 Å². The van der Waals surface area contributed by atoms with E-state index in [2.05, 4.69) is 51.2 Å². The molecule has 5 aliphatic rings. The SMILES string of the molecule is CC1(C)C2(O[C@@H]3CCCC[C@H]3S2)C(C)(C)C12O[C@@H]1CCCC[C@H]1S2. The highest BCUT2D eigenvalue weighted by atomic mass is 32.2. The van der Waals surface area contributed by atoms with Crippen LogP contribution in [-0.4, -0.2) is 32.6 Å². The van der Waals surface area contributed by atoms with Gasteiger partial charge in [-0.25, -0.2) is 0 Å². The van der Waals surface area contributed by atoms with E-state index in [9.17, 15) is 0 Å². The second-order valence-electron chi connectivity index (χ2n) is 9.68. The van der Waals surface area contributed by atoms with Gasteiger partial charge in [-0.15, -0.1) is 23.5 Å². The summed E-state index contributed by atoms with van der Waals surface area (Å²) in [5.74, 6) is 0. The smallest absolute Gasteiger partial charge is 0.131 e. The zero-order valence-corrected chi connectivity index (χ0v) is 17.2. The maximum absolute atomic E-state index is 6.93. The quantitative estimate of drug-likeness (QED) is 0.554. The van der Waals surface area contributed by atoms with E-state index in [-0.39, 0.29) is 20.7 Å². The van der Waals surface area contributed by atoms with Gasteiger partial charge in [0.15, 0.2) is 0 Å². The molecule has 2 nitrogen and oxygen atoms in total. The molecular weight excluding hydrogens is 336 g/mol. The third kappa shape index (κ3) is 1.71. The second-order valence-corrected chi connectivity index (χ2v) is 12.5. The lowest BCUT2D eigenvalue weighted by molar-refractivity contribution is -0.330. The Bertz CT molecular complexity index is 452. The molecule has 0 N–H and O–H groups in total. The molecule has 0 unspecified atom stereocenters. The van der Waals surface area contributed by atoms with Crippen LogP contribution in [0.3, 0.4) is 0 Å². The molecule has 4 heteroatoms. The molecule has 2 aliphatic heterocycles. The summed E-state index contributed by atoms with van der Waals surface area (Å²) in [4.78, 5) is -0.139. The average Bonchev–Trinajstić information content (AvgIpc) is 3.16. The number of rotatable bonds is 0. The molecule has 0 aromatic rings. The lowest BCUT2D eigenvalue weighted by atomic mass is 9.49. The molecule has 5 rings (SSSR count). The third-order valence-electron chi connectivity index (χ3n) is 7.84. The van der Waals surface area contributed by atoms with Crippen LogP contribution < -0.4 is 0 Å². The van der Waals surface area contributed by atoms with E-state index in [4.69, 9.17) is 9.47 Å². The van der Waals surface area contributed by atoms with Crippen LogP contribution >= 0.6 is 23.5 Å². The first-order valence-corrected chi connectivity index (χ1v) is 11.8. The molecule has 0 bridgehead atoms. The van der Waals surface area contributed by atoms with Gasteiger partial charge in [-0.3, -0.25) is 0 Å².